The van der Waals surface area contributed by atoms with Crippen molar-refractivity contribution in [3.05, 3.63) is 0 Å². The highest BCUT2D eigenvalue weighted by Gasteiger charge is 2.04. The maximum absolute atomic E-state index is 3.20. The van der Waals surface area contributed by atoms with E-state index in [1.165, 1.54) is 13.0 Å². The first-order valence-corrected chi connectivity index (χ1v) is 4.00. The maximum atomic E-state index is 3.20. The molecule has 0 aliphatic heterocycles. The van der Waals surface area contributed by atoms with Crippen molar-refractivity contribution < 1.29 is 0 Å². The van der Waals surface area contributed by atoms with Gasteiger partial charge in [-0.2, -0.15) is 0 Å². The Morgan fingerprint density at radius 2 is 2.00 bits per heavy atom. The van der Waals surface area contributed by atoms with Crippen LogP contribution >= 0.6 is 0 Å². The molecule has 0 aromatic carbocycles. The summed E-state index contributed by atoms with van der Waals surface area (Å²) in [5.41, 5.74) is 0. The summed E-state index contributed by atoms with van der Waals surface area (Å²) in [6.45, 7) is 4.57. The van der Waals surface area contributed by atoms with Gasteiger partial charge in [-0.1, -0.05) is 13.3 Å². The molecular weight excluding hydrogens is 124 g/mol. The van der Waals surface area contributed by atoms with E-state index >= 15 is 0 Å². The Morgan fingerprint density at radius 1 is 1.40 bits per heavy atom. The minimum absolute atomic E-state index is 0.806. The molecule has 0 aliphatic rings. The van der Waals surface area contributed by atoms with Crippen molar-refractivity contribution in [1.82, 2.24) is 10.2 Å². The van der Waals surface area contributed by atoms with Crippen LogP contribution in [0, 0.1) is 5.92 Å². The van der Waals surface area contributed by atoms with E-state index in [0.717, 1.165) is 12.5 Å². The summed E-state index contributed by atoms with van der Waals surface area (Å²) >= 11 is 0. The van der Waals surface area contributed by atoms with Crippen molar-refractivity contribution in [3.63, 3.8) is 0 Å². The molecule has 0 fully saturated rings. The highest BCUT2D eigenvalue weighted by Crippen LogP contribution is 2.00. The standard InChI is InChI=1S/C8H20N2/c1-5-8(6-9-2)7-10(3)4/h8-9H,5-7H2,1-4H3. The molecule has 1 atom stereocenters. The van der Waals surface area contributed by atoms with Gasteiger partial charge in [0.15, 0.2) is 0 Å². The molecule has 0 radical (unpaired) electrons. The largest absolute Gasteiger partial charge is 0.319 e. The minimum atomic E-state index is 0.806. The van der Waals surface area contributed by atoms with E-state index < -0.39 is 0 Å². The topological polar surface area (TPSA) is 15.3 Å². The van der Waals surface area contributed by atoms with Crippen LogP contribution in [0.1, 0.15) is 13.3 Å². The lowest BCUT2D eigenvalue weighted by Crippen LogP contribution is -2.28. The van der Waals surface area contributed by atoms with E-state index in [0.29, 0.717) is 0 Å². The molecule has 0 bridgehead atoms. The van der Waals surface area contributed by atoms with E-state index in [9.17, 15) is 0 Å². The lowest BCUT2D eigenvalue weighted by atomic mass is 10.1. The fraction of sp³-hybridized carbons (Fsp3) is 1.00. The summed E-state index contributed by atoms with van der Waals surface area (Å²) in [5.74, 6) is 0.806. The lowest BCUT2D eigenvalue weighted by Gasteiger charge is -2.18. The third-order valence-corrected chi connectivity index (χ3v) is 1.69. The Balaban J connectivity index is 3.39. The van der Waals surface area contributed by atoms with Crippen LogP contribution in [0.4, 0.5) is 0 Å². The van der Waals surface area contributed by atoms with Crippen molar-refractivity contribution in [1.29, 1.82) is 0 Å². The number of rotatable bonds is 5. The Hall–Kier alpha value is -0.0800. The van der Waals surface area contributed by atoms with Crippen molar-refractivity contribution in [2.24, 2.45) is 5.92 Å². The molecule has 0 aromatic rings. The molecule has 10 heavy (non-hydrogen) atoms. The van der Waals surface area contributed by atoms with Gasteiger partial charge in [0.05, 0.1) is 0 Å². The molecule has 62 valence electrons. The van der Waals surface area contributed by atoms with Crippen molar-refractivity contribution >= 4 is 0 Å². The van der Waals surface area contributed by atoms with Gasteiger partial charge in [0, 0.05) is 6.54 Å². The fourth-order valence-electron chi connectivity index (χ4n) is 1.14. The maximum Gasteiger partial charge on any atom is 0.00156 e. The van der Waals surface area contributed by atoms with Gasteiger partial charge < -0.3 is 10.2 Å². The average Bonchev–Trinajstić information content (AvgIpc) is 1.86. The molecule has 0 saturated heterocycles. The van der Waals surface area contributed by atoms with Crippen molar-refractivity contribution in [2.45, 2.75) is 13.3 Å². The summed E-state index contributed by atoms with van der Waals surface area (Å²) in [5, 5.41) is 3.20. The minimum Gasteiger partial charge on any atom is -0.319 e. The van der Waals surface area contributed by atoms with Crippen LogP contribution in [0.3, 0.4) is 0 Å². The summed E-state index contributed by atoms with van der Waals surface area (Å²) in [4.78, 5) is 2.24. The van der Waals surface area contributed by atoms with Gasteiger partial charge in [0.2, 0.25) is 0 Å². The van der Waals surface area contributed by atoms with E-state index in [4.69, 9.17) is 0 Å². The summed E-state index contributed by atoms with van der Waals surface area (Å²) in [7, 11) is 6.26. The van der Waals surface area contributed by atoms with Gasteiger partial charge in [-0.25, -0.2) is 0 Å². The highest BCUT2D eigenvalue weighted by molar-refractivity contribution is 4.61. The first-order chi connectivity index (χ1) is 4.70. The van der Waals surface area contributed by atoms with Crippen molar-refractivity contribution in [3.8, 4) is 0 Å². The van der Waals surface area contributed by atoms with Gasteiger partial charge in [-0.05, 0) is 33.6 Å². The first-order valence-electron chi connectivity index (χ1n) is 4.00. The highest BCUT2D eigenvalue weighted by atomic mass is 15.1. The number of nitrogens with zero attached hydrogens (tertiary/aromatic N) is 1. The van der Waals surface area contributed by atoms with Crippen LogP contribution in [0.5, 0.6) is 0 Å². The second-order valence-electron chi connectivity index (χ2n) is 3.09. The molecule has 0 heterocycles. The molecule has 0 aromatic heterocycles. The summed E-state index contributed by atoms with van der Waals surface area (Å²) in [6.07, 6.45) is 1.26. The summed E-state index contributed by atoms with van der Waals surface area (Å²) in [6, 6.07) is 0. The number of nitrogens with one attached hydrogen (secondary N) is 1. The van der Waals surface area contributed by atoms with Gasteiger partial charge in [0.25, 0.3) is 0 Å². The Morgan fingerprint density at radius 3 is 2.30 bits per heavy atom. The molecule has 0 amide bonds. The van der Waals surface area contributed by atoms with Gasteiger partial charge >= 0.3 is 0 Å². The van der Waals surface area contributed by atoms with Gasteiger partial charge in [-0.3, -0.25) is 0 Å². The predicted octanol–water partition coefficient (Wildman–Crippen LogP) is 0.794. The first kappa shape index (κ1) is 9.92. The quantitative estimate of drug-likeness (QED) is 0.614. The van der Waals surface area contributed by atoms with Crippen LogP contribution < -0.4 is 5.32 Å². The van der Waals surface area contributed by atoms with Crippen LogP contribution in [0.15, 0.2) is 0 Å². The molecule has 0 aliphatic carbocycles. The SMILES string of the molecule is CCC(CNC)CN(C)C. The molecule has 1 N–H and O–H groups in total. The van der Waals surface area contributed by atoms with E-state index in [1.807, 2.05) is 7.05 Å². The normalized spacial score (nSPS) is 14.1. The van der Waals surface area contributed by atoms with E-state index in [2.05, 4.69) is 31.2 Å². The third-order valence-electron chi connectivity index (χ3n) is 1.69. The zero-order valence-corrected chi connectivity index (χ0v) is 7.65. The molecule has 0 rings (SSSR count). The number of hydrogen-bond acceptors (Lipinski definition) is 2. The summed E-state index contributed by atoms with van der Waals surface area (Å²) < 4.78 is 0. The Kier molecular flexibility index (Phi) is 5.64. The van der Waals surface area contributed by atoms with Crippen LogP contribution in [-0.2, 0) is 0 Å². The molecule has 0 spiro atoms. The second kappa shape index (κ2) is 5.69. The second-order valence-corrected chi connectivity index (χ2v) is 3.09. The van der Waals surface area contributed by atoms with Gasteiger partial charge in [-0.15, -0.1) is 0 Å². The van der Waals surface area contributed by atoms with Gasteiger partial charge in [0.1, 0.15) is 0 Å². The zero-order chi connectivity index (χ0) is 7.98. The van der Waals surface area contributed by atoms with Crippen molar-refractivity contribution in [2.75, 3.05) is 34.2 Å². The zero-order valence-electron chi connectivity index (χ0n) is 7.65. The lowest BCUT2D eigenvalue weighted by molar-refractivity contribution is 0.313. The van der Waals surface area contributed by atoms with E-state index in [-0.39, 0.29) is 0 Å². The average molecular weight is 144 g/mol. The van der Waals surface area contributed by atoms with Crippen LogP contribution in [-0.4, -0.2) is 39.1 Å². The van der Waals surface area contributed by atoms with Crippen LogP contribution in [0.25, 0.3) is 0 Å². The Labute approximate surface area is 64.6 Å². The van der Waals surface area contributed by atoms with Crippen LogP contribution in [0.2, 0.25) is 0 Å². The van der Waals surface area contributed by atoms with E-state index in [1.54, 1.807) is 0 Å². The molecule has 0 saturated carbocycles. The smallest absolute Gasteiger partial charge is 0.00156 e. The number of hydrogen-bond donors (Lipinski definition) is 1. The molecule has 1 unspecified atom stereocenters. The fourth-order valence-corrected chi connectivity index (χ4v) is 1.14. The molecule has 2 heteroatoms. The molecule has 2 nitrogen and oxygen atoms in total. The molecular formula is C8H20N2. The monoisotopic (exact) mass is 144 g/mol. The third kappa shape index (κ3) is 4.77. The Bertz CT molecular complexity index is 71.7. The predicted molar refractivity (Wildman–Crippen MR) is 46.3 cm³/mol.